The summed E-state index contributed by atoms with van der Waals surface area (Å²) in [6.07, 6.45) is 0.151. The first kappa shape index (κ1) is 18.2. The van der Waals surface area contributed by atoms with Crippen molar-refractivity contribution < 1.29 is 19.1 Å². The number of halogens is 1. The van der Waals surface area contributed by atoms with Crippen molar-refractivity contribution in [1.29, 1.82) is 0 Å². The van der Waals surface area contributed by atoms with Gasteiger partial charge in [-0.05, 0) is 37.3 Å². The number of carbonyl (C=O) groups is 3. The second-order valence-corrected chi connectivity index (χ2v) is 6.59. The number of rotatable bonds is 7. The Morgan fingerprint density at radius 1 is 1.17 bits per heavy atom. The van der Waals surface area contributed by atoms with Crippen molar-refractivity contribution in [3.8, 4) is 0 Å². The highest BCUT2D eigenvalue weighted by Crippen LogP contribution is 2.23. The molecule has 1 N–H and O–H groups in total. The number of ether oxygens (including phenoxy) is 1. The summed E-state index contributed by atoms with van der Waals surface area (Å²) >= 11 is 6.98. The van der Waals surface area contributed by atoms with E-state index >= 15 is 0 Å². The maximum Gasteiger partial charge on any atom is 0.338 e. The monoisotopic (exact) mass is 365 g/mol. The molecule has 7 heteroatoms. The topological polar surface area (TPSA) is 72.5 Å². The van der Waals surface area contributed by atoms with Crippen molar-refractivity contribution in [3.05, 3.63) is 51.2 Å². The normalized spacial score (nSPS) is 10.2. The largest absolute Gasteiger partial charge is 0.462 e. The molecule has 1 heterocycles. The Morgan fingerprint density at radius 3 is 2.62 bits per heavy atom. The van der Waals surface area contributed by atoms with Crippen LogP contribution in [0.1, 0.15) is 39.8 Å². The second-order valence-electron chi connectivity index (χ2n) is 4.88. The van der Waals surface area contributed by atoms with Gasteiger partial charge in [0.25, 0.3) is 0 Å². The Labute approximate surface area is 148 Å². The van der Waals surface area contributed by atoms with Gasteiger partial charge in [-0.15, -0.1) is 11.3 Å². The molecule has 0 fully saturated rings. The van der Waals surface area contributed by atoms with Crippen LogP contribution in [0.15, 0.2) is 36.4 Å². The van der Waals surface area contributed by atoms with Crippen molar-refractivity contribution in [2.24, 2.45) is 0 Å². The molecule has 24 heavy (non-hydrogen) atoms. The standard InChI is InChI=1S/C17H16ClNO4S/c1-2-23-17(22)11-4-3-5-12(10-11)19-16(21)9-6-13(20)14-7-8-15(18)24-14/h3-5,7-8,10H,2,6,9H2,1H3,(H,19,21). The molecule has 0 aliphatic carbocycles. The van der Waals surface area contributed by atoms with Crippen molar-refractivity contribution in [1.82, 2.24) is 0 Å². The third-order valence-corrected chi connectivity index (χ3v) is 4.36. The van der Waals surface area contributed by atoms with Crippen LogP contribution in [0.4, 0.5) is 5.69 Å². The number of nitrogens with one attached hydrogen (secondary N) is 1. The minimum atomic E-state index is -0.446. The van der Waals surface area contributed by atoms with Gasteiger partial charge in [-0.1, -0.05) is 17.7 Å². The number of benzene rings is 1. The maximum absolute atomic E-state index is 12.0. The molecule has 1 amide bonds. The first-order chi connectivity index (χ1) is 11.5. The van der Waals surface area contributed by atoms with Crippen LogP contribution in [0, 0.1) is 0 Å². The van der Waals surface area contributed by atoms with E-state index in [9.17, 15) is 14.4 Å². The lowest BCUT2D eigenvalue weighted by atomic mass is 10.1. The summed E-state index contributed by atoms with van der Waals surface area (Å²) in [6.45, 7) is 2.01. The van der Waals surface area contributed by atoms with Crippen LogP contribution in [0.5, 0.6) is 0 Å². The molecule has 0 radical (unpaired) electrons. The lowest BCUT2D eigenvalue weighted by Gasteiger charge is -2.07. The molecule has 2 rings (SSSR count). The van der Waals surface area contributed by atoms with E-state index in [0.717, 1.165) is 0 Å². The highest BCUT2D eigenvalue weighted by atomic mass is 35.5. The molecule has 5 nitrogen and oxygen atoms in total. The Balaban J connectivity index is 1.89. The summed E-state index contributed by atoms with van der Waals surface area (Å²) in [6, 6.07) is 9.77. The van der Waals surface area contributed by atoms with Crippen LogP contribution < -0.4 is 5.32 Å². The number of carbonyl (C=O) groups excluding carboxylic acids is 3. The van der Waals surface area contributed by atoms with Crippen LogP contribution in [-0.4, -0.2) is 24.3 Å². The maximum atomic E-state index is 12.0. The van der Waals surface area contributed by atoms with E-state index in [1.807, 2.05) is 0 Å². The van der Waals surface area contributed by atoms with E-state index in [1.165, 1.54) is 17.4 Å². The number of ketones is 1. The van der Waals surface area contributed by atoms with E-state index in [4.69, 9.17) is 16.3 Å². The zero-order valence-corrected chi connectivity index (χ0v) is 14.6. The Hall–Kier alpha value is -2.18. The highest BCUT2D eigenvalue weighted by molar-refractivity contribution is 7.18. The fourth-order valence-corrected chi connectivity index (χ4v) is 2.99. The molecule has 0 aliphatic rings. The number of hydrogen-bond acceptors (Lipinski definition) is 5. The van der Waals surface area contributed by atoms with Crippen LogP contribution in [-0.2, 0) is 9.53 Å². The predicted octanol–water partition coefficient (Wildman–Crippen LogP) is 4.18. The molecule has 0 bridgehead atoms. The fourth-order valence-electron chi connectivity index (χ4n) is 1.98. The third kappa shape index (κ3) is 5.18. The van der Waals surface area contributed by atoms with Crippen molar-refractivity contribution in [2.45, 2.75) is 19.8 Å². The molecule has 0 saturated heterocycles. The number of Topliss-reactive ketones (excluding diaryl/α,β-unsaturated/α-hetero) is 1. The first-order valence-electron chi connectivity index (χ1n) is 7.35. The molecule has 0 saturated carbocycles. The summed E-state index contributed by atoms with van der Waals surface area (Å²) in [4.78, 5) is 36.1. The molecule has 2 aromatic rings. The lowest BCUT2D eigenvalue weighted by Crippen LogP contribution is -2.14. The van der Waals surface area contributed by atoms with Crippen LogP contribution in [0.25, 0.3) is 0 Å². The number of amides is 1. The van der Waals surface area contributed by atoms with Gasteiger partial charge in [0.15, 0.2) is 5.78 Å². The Bertz CT molecular complexity index is 757. The van der Waals surface area contributed by atoms with Gasteiger partial charge in [0.1, 0.15) is 0 Å². The predicted molar refractivity (Wildman–Crippen MR) is 93.9 cm³/mol. The zero-order chi connectivity index (χ0) is 17.5. The van der Waals surface area contributed by atoms with Crippen LogP contribution in [0.3, 0.4) is 0 Å². The van der Waals surface area contributed by atoms with Crippen LogP contribution in [0.2, 0.25) is 4.34 Å². The smallest absolute Gasteiger partial charge is 0.338 e. The van der Waals surface area contributed by atoms with Crippen molar-refractivity contribution in [3.63, 3.8) is 0 Å². The van der Waals surface area contributed by atoms with Gasteiger partial charge < -0.3 is 10.1 Å². The quantitative estimate of drug-likeness (QED) is 0.590. The molecular weight excluding hydrogens is 350 g/mol. The van der Waals surface area contributed by atoms with Gasteiger partial charge >= 0.3 is 5.97 Å². The molecule has 0 atom stereocenters. The number of thiophene rings is 1. The summed E-state index contributed by atoms with van der Waals surface area (Å²) < 4.78 is 5.45. The molecule has 0 unspecified atom stereocenters. The number of hydrogen-bond donors (Lipinski definition) is 1. The molecule has 0 spiro atoms. The van der Waals surface area contributed by atoms with E-state index in [0.29, 0.717) is 20.5 Å². The summed E-state index contributed by atoms with van der Waals surface area (Å²) in [5, 5.41) is 2.67. The summed E-state index contributed by atoms with van der Waals surface area (Å²) in [5.74, 6) is -0.868. The number of esters is 1. The van der Waals surface area contributed by atoms with E-state index in [1.54, 1.807) is 37.3 Å². The Morgan fingerprint density at radius 2 is 1.96 bits per heavy atom. The van der Waals surface area contributed by atoms with Crippen LogP contribution >= 0.6 is 22.9 Å². The van der Waals surface area contributed by atoms with E-state index in [2.05, 4.69) is 5.32 Å². The Kier molecular flexibility index (Phi) is 6.52. The van der Waals surface area contributed by atoms with Gasteiger partial charge in [-0.2, -0.15) is 0 Å². The average Bonchev–Trinajstić information content (AvgIpc) is 3.00. The second kappa shape index (κ2) is 8.61. The molecule has 126 valence electrons. The molecule has 1 aromatic carbocycles. The third-order valence-electron chi connectivity index (χ3n) is 3.08. The van der Waals surface area contributed by atoms with Gasteiger partial charge in [-0.25, -0.2) is 4.79 Å². The van der Waals surface area contributed by atoms with Crippen molar-refractivity contribution >= 4 is 46.3 Å². The molecule has 1 aromatic heterocycles. The zero-order valence-electron chi connectivity index (χ0n) is 13.0. The first-order valence-corrected chi connectivity index (χ1v) is 8.54. The SMILES string of the molecule is CCOC(=O)c1cccc(NC(=O)CCC(=O)c2ccc(Cl)s2)c1. The molecular formula is C17H16ClNO4S. The van der Waals surface area contributed by atoms with Gasteiger partial charge in [-0.3, -0.25) is 9.59 Å². The van der Waals surface area contributed by atoms with E-state index < -0.39 is 5.97 Å². The lowest BCUT2D eigenvalue weighted by molar-refractivity contribution is -0.116. The fraction of sp³-hybridized carbons (Fsp3) is 0.235. The van der Waals surface area contributed by atoms with E-state index in [-0.39, 0.29) is 31.1 Å². The minimum Gasteiger partial charge on any atom is -0.462 e. The number of anilines is 1. The summed E-state index contributed by atoms with van der Waals surface area (Å²) in [5.41, 5.74) is 0.844. The summed E-state index contributed by atoms with van der Waals surface area (Å²) in [7, 11) is 0. The average molecular weight is 366 g/mol. The molecule has 0 aliphatic heterocycles. The highest BCUT2D eigenvalue weighted by Gasteiger charge is 2.12. The minimum absolute atomic E-state index is 0.0536. The van der Waals surface area contributed by atoms with Gasteiger partial charge in [0.05, 0.1) is 21.4 Å². The van der Waals surface area contributed by atoms with Gasteiger partial charge in [0.2, 0.25) is 5.91 Å². The van der Waals surface area contributed by atoms with Gasteiger partial charge in [0, 0.05) is 18.5 Å². The van der Waals surface area contributed by atoms with Crippen molar-refractivity contribution in [2.75, 3.05) is 11.9 Å².